The maximum absolute atomic E-state index is 12.4. The number of hydrogen-bond donors (Lipinski definition) is 1. The molecule has 2 aromatic carbocycles. The van der Waals surface area contributed by atoms with Crippen molar-refractivity contribution in [1.29, 1.82) is 0 Å². The lowest BCUT2D eigenvalue weighted by atomic mass is 10.1. The second kappa shape index (κ2) is 6.45. The van der Waals surface area contributed by atoms with Gasteiger partial charge in [0, 0.05) is 17.5 Å². The van der Waals surface area contributed by atoms with Gasteiger partial charge >= 0.3 is 5.97 Å². The van der Waals surface area contributed by atoms with Crippen LogP contribution in [0.1, 0.15) is 20.7 Å². The van der Waals surface area contributed by atoms with Gasteiger partial charge in [0.1, 0.15) is 0 Å². The molecule has 0 aliphatic rings. The third-order valence-electron chi connectivity index (χ3n) is 3.14. The molecule has 1 amide bonds. The number of benzene rings is 2. The van der Waals surface area contributed by atoms with Gasteiger partial charge in [-0.1, -0.05) is 12.1 Å². The normalized spacial score (nSPS) is 10.2. The predicted octanol–water partition coefficient (Wildman–Crippen LogP) is 3.38. The van der Waals surface area contributed by atoms with E-state index in [4.69, 9.17) is 0 Å². The first kappa shape index (κ1) is 15.1. The highest BCUT2D eigenvalue weighted by Crippen LogP contribution is 2.22. The quantitative estimate of drug-likeness (QED) is 0.880. The molecule has 0 saturated carbocycles. The Kier molecular flexibility index (Phi) is 4.65. The Labute approximate surface area is 127 Å². The van der Waals surface area contributed by atoms with Crippen LogP contribution in [0, 0.1) is 0 Å². The first-order valence-corrected chi connectivity index (χ1v) is 7.51. The molecule has 0 aliphatic carbocycles. The molecule has 0 atom stereocenters. The Morgan fingerprint density at radius 1 is 1.05 bits per heavy atom. The fourth-order valence-electron chi connectivity index (χ4n) is 1.98. The number of rotatable bonds is 4. The Hall–Kier alpha value is -2.27. The van der Waals surface area contributed by atoms with Crippen molar-refractivity contribution in [3.8, 4) is 0 Å². The third kappa shape index (κ3) is 3.25. The largest absolute Gasteiger partial charge is 0.478 e. The lowest BCUT2D eigenvalue weighted by Gasteiger charge is -2.19. The number of carboxylic acid groups (broad SMARTS) is 1. The Morgan fingerprint density at radius 2 is 1.67 bits per heavy atom. The van der Waals surface area contributed by atoms with Crippen LogP contribution in [-0.2, 0) is 0 Å². The van der Waals surface area contributed by atoms with Crippen LogP contribution in [0.3, 0.4) is 0 Å². The molecule has 0 fully saturated rings. The van der Waals surface area contributed by atoms with Gasteiger partial charge in [0.15, 0.2) is 0 Å². The maximum Gasteiger partial charge on any atom is 0.337 e. The van der Waals surface area contributed by atoms with Gasteiger partial charge in [0.2, 0.25) is 0 Å². The smallest absolute Gasteiger partial charge is 0.337 e. The average molecular weight is 301 g/mol. The number of aromatic carboxylic acids is 1. The van der Waals surface area contributed by atoms with E-state index >= 15 is 0 Å². The summed E-state index contributed by atoms with van der Waals surface area (Å²) < 4.78 is 0. The number of carbonyl (C=O) groups excluding carboxylic acids is 1. The minimum Gasteiger partial charge on any atom is -0.478 e. The summed E-state index contributed by atoms with van der Waals surface area (Å²) in [7, 11) is 1.58. The summed E-state index contributed by atoms with van der Waals surface area (Å²) in [6.07, 6.45) is 1.96. The van der Waals surface area contributed by atoms with E-state index in [2.05, 4.69) is 0 Å². The molecule has 108 valence electrons. The van der Waals surface area contributed by atoms with Crippen molar-refractivity contribution in [3.05, 3.63) is 59.7 Å². The molecule has 2 aromatic rings. The van der Waals surface area contributed by atoms with Crippen molar-refractivity contribution in [2.45, 2.75) is 4.90 Å². The summed E-state index contributed by atoms with van der Waals surface area (Å²) in [5, 5.41) is 9.19. The molecule has 2 rings (SSSR count). The molecular weight excluding hydrogens is 286 g/mol. The minimum atomic E-state index is -1.05. The van der Waals surface area contributed by atoms with Gasteiger partial charge in [-0.2, -0.15) is 0 Å². The van der Waals surface area contributed by atoms with E-state index in [1.54, 1.807) is 49.1 Å². The molecule has 0 aromatic heterocycles. The fourth-order valence-corrected chi connectivity index (χ4v) is 2.39. The number of para-hydroxylation sites is 1. The van der Waals surface area contributed by atoms with E-state index in [1.807, 2.05) is 18.4 Å². The lowest BCUT2D eigenvalue weighted by Crippen LogP contribution is -2.27. The van der Waals surface area contributed by atoms with Crippen molar-refractivity contribution in [1.82, 2.24) is 0 Å². The van der Waals surface area contributed by atoms with Gasteiger partial charge < -0.3 is 10.0 Å². The number of amides is 1. The molecule has 0 heterocycles. The number of anilines is 1. The summed E-state index contributed by atoms with van der Waals surface area (Å²) >= 11 is 1.60. The number of carboxylic acids is 1. The average Bonchev–Trinajstić information content (AvgIpc) is 2.53. The maximum atomic E-state index is 12.4. The molecule has 0 radical (unpaired) electrons. The van der Waals surface area contributed by atoms with Crippen LogP contribution in [0.15, 0.2) is 53.4 Å². The van der Waals surface area contributed by atoms with Gasteiger partial charge in [-0.05, 0) is 42.7 Å². The Bertz CT molecular complexity index is 667. The predicted molar refractivity (Wildman–Crippen MR) is 84.4 cm³/mol. The zero-order chi connectivity index (χ0) is 15.4. The molecule has 21 heavy (non-hydrogen) atoms. The standard InChI is InChI=1S/C16H15NO3S/c1-17(14-6-4-3-5-13(14)16(19)20)15(18)11-7-9-12(21-2)10-8-11/h3-10H,1-2H3,(H,19,20). The summed E-state index contributed by atoms with van der Waals surface area (Å²) in [6.45, 7) is 0. The molecule has 0 aliphatic heterocycles. The van der Waals surface area contributed by atoms with Crippen LogP contribution in [-0.4, -0.2) is 30.3 Å². The van der Waals surface area contributed by atoms with E-state index in [-0.39, 0.29) is 11.5 Å². The van der Waals surface area contributed by atoms with Gasteiger partial charge in [0.25, 0.3) is 5.91 Å². The summed E-state index contributed by atoms with van der Waals surface area (Å²) in [5.41, 5.74) is 1.01. The van der Waals surface area contributed by atoms with Crippen LogP contribution >= 0.6 is 11.8 Å². The molecule has 0 bridgehead atoms. The third-order valence-corrected chi connectivity index (χ3v) is 3.88. The van der Waals surface area contributed by atoms with Crippen molar-refractivity contribution >= 4 is 29.3 Å². The van der Waals surface area contributed by atoms with Crippen LogP contribution in [0.4, 0.5) is 5.69 Å². The summed E-state index contributed by atoms with van der Waals surface area (Å²) in [4.78, 5) is 26.1. The number of thioether (sulfide) groups is 1. The van der Waals surface area contributed by atoms with Crippen LogP contribution in [0.2, 0.25) is 0 Å². The van der Waals surface area contributed by atoms with Crippen molar-refractivity contribution in [2.75, 3.05) is 18.2 Å². The van der Waals surface area contributed by atoms with E-state index in [9.17, 15) is 14.7 Å². The second-order valence-corrected chi connectivity index (χ2v) is 5.29. The number of carbonyl (C=O) groups is 2. The van der Waals surface area contributed by atoms with E-state index in [1.165, 1.54) is 11.0 Å². The van der Waals surface area contributed by atoms with Crippen molar-refractivity contribution in [2.24, 2.45) is 0 Å². The van der Waals surface area contributed by atoms with E-state index < -0.39 is 5.97 Å². The molecule has 5 heteroatoms. The molecule has 0 spiro atoms. The van der Waals surface area contributed by atoms with Crippen LogP contribution in [0.5, 0.6) is 0 Å². The van der Waals surface area contributed by atoms with Gasteiger partial charge in [-0.3, -0.25) is 4.79 Å². The molecule has 1 N–H and O–H groups in total. The minimum absolute atomic E-state index is 0.106. The topological polar surface area (TPSA) is 57.6 Å². The molecule has 0 unspecified atom stereocenters. The highest BCUT2D eigenvalue weighted by molar-refractivity contribution is 7.98. The molecule has 0 saturated heterocycles. The fraction of sp³-hybridized carbons (Fsp3) is 0.125. The van der Waals surface area contributed by atoms with Crippen LogP contribution < -0.4 is 4.90 Å². The first-order chi connectivity index (χ1) is 10.0. The zero-order valence-electron chi connectivity index (χ0n) is 11.7. The van der Waals surface area contributed by atoms with E-state index in [0.29, 0.717) is 11.3 Å². The summed E-state index contributed by atoms with van der Waals surface area (Å²) in [6, 6.07) is 13.7. The van der Waals surface area contributed by atoms with Crippen molar-refractivity contribution in [3.63, 3.8) is 0 Å². The number of hydrogen-bond acceptors (Lipinski definition) is 3. The summed E-state index contributed by atoms with van der Waals surface area (Å²) in [5.74, 6) is -1.29. The van der Waals surface area contributed by atoms with Crippen molar-refractivity contribution < 1.29 is 14.7 Å². The van der Waals surface area contributed by atoms with Gasteiger partial charge in [-0.25, -0.2) is 4.79 Å². The highest BCUT2D eigenvalue weighted by Gasteiger charge is 2.18. The monoisotopic (exact) mass is 301 g/mol. The molecular formula is C16H15NO3S. The van der Waals surface area contributed by atoms with Gasteiger partial charge in [-0.15, -0.1) is 11.8 Å². The zero-order valence-corrected chi connectivity index (χ0v) is 12.6. The number of nitrogens with zero attached hydrogens (tertiary/aromatic N) is 1. The van der Waals surface area contributed by atoms with Gasteiger partial charge in [0.05, 0.1) is 11.3 Å². The first-order valence-electron chi connectivity index (χ1n) is 6.29. The SMILES string of the molecule is CSc1ccc(C(=O)N(C)c2ccccc2C(=O)O)cc1. The van der Waals surface area contributed by atoms with E-state index in [0.717, 1.165) is 4.90 Å². The highest BCUT2D eigenvalue weighted by atomic mass is 32.2. The van der Waals surface area contributed by atoms with Crippen LogP contribution in [0.25, 0.3) is 0 Å². The Morgan fingerprint density at radius 3 is 2.24 bits per heavy atom. The Balaban J connectivity index is 2.32. The lowest BCUT2D eigenvalue weighted by molar-refractivity contribution is 0.0697. The second-order valence-electron chi connectivity index (χ2n) is 4.41. The molecule has 4 nitrogen and oxygen atoms in total.